The second-order valence-corrected chi connectivity index (χ2v) is 7.37. The van der Waals surface area contributed by atoms with Crippen molar-refractivity contribution in [2.75, 3.05) is 44.8 Å². The lowest BCUT2D eigenvalue weighted by Crippen LogP contribution is -2.48. The van der Waals surface area contributed by atoms with Crippen LogP contribution in [-0.2, 0) is 17.5 Å². The second-order valence-electron chi connectivity index (χ2n) is 7.37. The van der Waals surface area contributed by atoms with Gasteiger partial charge in [0.15, 0.2) is 11.5 Å². The predicted molar refractivity (Wildman–Crippen MR) is 104 cm³/mol. The molecule has 0 bridgehead atoms. The highest BCUT2D eigenvalue weighted by Gasteiger charge is 2.30. The lowest BCUT2D eigenvalue weighted by Gasteiger charge is -2.34. The minimum Gasteiger partial charge on any atom is -0.454 e. The van der Waals surface area contributed by atoms with Crippen LogP contribution in [0.1, 0.15) is 11.1 Å². The van der Waals surface area contributed by atoms with Gasteiger partial charge in [0, 0.05) is 44.5 Å². The molecule has 0 radical (unpaired) electrons. The number of rotatable bonds is 5. The smallest absolute Gasteiger partial charge is 0.416 e. The topological polar surface area (TPSA) is 54.0 Å². The number of piperazine rings is 1. The van der Waals surface area contributed by atoms with Crippen molar-refractivity contribution in [2.45, 2.75) is 12.7 Å². The predicted octanol–water partition coefficient (Wildman–Crippen LogP) is 3.19. The van der Waals surface area contributed by atoms with Gasteiger partial charge in [-0.05, 0) is 23.8 Å². The lowest BCUT2D eigenvalue weighted by atomic mass is 10.1. The zero-order valence-corrected chi connectivity index (χ0v) is 16.2. The van der Waals surface area contributed by atoms with Crippen molar-refractivity contribution in [2.24, 2.45) is 0 Å². The van der Waals surface area contributed by atoms with Gasteiger partial charge in [0.2, 0.25) is 12.7 Å². The van der Waals surface area contributed by atoms with Crippen LogP contribution in [0.5, 0.6) is 11.5 Å². The molecule has 4 rings (SSSR count). The van der Waals surface area contributed by atoms with Crippen LogP contribution in [0, 0.1) is 0 Å². The van der Waals surface area contributed by atoms with E-state index in [4.69, 9.17) is 9.47 Å². The number of fused-ring (bicyclic) bond motifs is 1. The van der Waals surface area contributed by atoms with Crippen LogP contribution in [0.2, 0.25) is 0 Å². The summed E-state index contributed by atoms with van der Waals surface area (Å²) in [6, 6.07) is 10.7. The molecular weight excluding hydrogens is 399 g/mol. The normalized spacial score (nSPS) is 17.2. The van der Waals surface area contributed by atoms with Crippen molar-refractivity contribution in [3.8, 4) is 11.5 Å². The zero-order chi connectivity index (χ0) is 21.1. The van der Waals surface area contributed by atoms with Gasteiger partial charge in [0.25, 0.3) is 0 Å². The first kappa shape index (κ1) is 20.5. The number of hydrogen-bond donors (Lipinski definition) is 1. The number of nitrogens with zero attached hydrogens (tertiary/aromatic N) is 2. The van der Waals surface area contributed by atoms with E-state index in [0.717, 1.165) is 6.07 Å². The number of benzene rings is 2. The Kier molecular flexibility index (Phi) is 5.83. The van der Waals surface area contributed by atoms with Crippen LogP contribution < -0.4 is 14.8 Å². The molecule has 2 aromatic carbocycles. The molecule has 2 aromatic rings. The third kappa shape index (κ3) is 5.03. The van der Waals surface area contributed by atoms with Crippen molar-refractivity contribution in [3.05, 3.63) is 53.6 Å². The molecule has 0 aliphatic carbocycles. The Morgan fingerprint density at radius 3 is 2.47 bits per heavy atom. The first-order valence-corrected chi connectivity index (χ1v) is 9.67. The van der Waals surface area contributed by atoms with E-state index in [-0.39, 0.29) is 19.2 Å². The van der Waals surface area contributed by atoms with E-state index in [1.54, 1.807) is 24.3 Å². The summed E-state index contributed by atoms with van der Waals surface area (Å²) >= 11 is 0. The van der Waals surface area contributed by atoms with Crippen LogP contribution in [0.3, 0.4) is 0 Å². The number of halogens is 3. The van der Waals surface area contributed by atoms with Crippen molar-refractivity contribution < 1.29 is 27.4 Å². The molecule has 1 fully saturated rings. The summed E-state index contributed by atoms with van der Waals surface area (Å²) in [4.78, 5) is 16.5. The SMILES string of the molecule is O=C(CN1CCN(Cc2cccc(C(F)(F)F)c2)CC1)Nc1ccc2c(c1)OCO2. The molecule has 2 aliphatic rings. The quantitative estimate of drug-likeness (QED) is 0.804. The summed E-state index contributed by atoms with van der Waals surface area (Å²) < 4.78 is 49.2. The molecule has 30 heavy (non-hydrogen) atoms. The summed E-state index contributed by atoms with van der Waals surface area (Å²) in [5.74, 6) is 1.14. The molecule has 1 saturated heterocycles. The number of amides is 1. The molecule has 0 atom stereocenters. The van der Waals surface area contributed by atoms with Crippen molar-refractivity contribution in [1.82, 2.24) is 9.80 Å². The van der Waals surface area contributed by atoms with Crippen LogP contribution in [0.15, 0.2) is 42.5 Å². The molecule has 1 amide bonds. The van der Waals surface area contributed by atoms with Gasteiger partial charge in [-0.15, -0.1) is 0 Å². The van der Waals surface area contributed by atoms with Crippen LogP contribution in [0.4, 0.5) is 18.9 Å². The van der Waals surface area contributed by atoms with Gasteiger partial charge in [-0.25, -0.2) is 0 Å². The fourth-order valence-electron chi connectivity index (χ4n) is 3.59. The molecular formula is C21H22F3N3O3. The Hall–Kier alpha value is -2.78. The number of hydrogen-bond acceptors (Lipinski definition) is 5. The average molecular weight is 421 g/mol. The number of ether oxygens (including phenoxy) is 2. The van der Waals surface area contributed by atoms with Crippen molar-refractivity contribution in [1.29, 1.82) is 0 Å². The van der Waals surface area contributed by atoms with Crippen molar-refractivity contribution in [3.63, 3.8) is 0 Å². The van der Waals surface area contributed by atoms with Gasteiger partial charge in [0.05, 0.1) is 12.1 Å². The minimum absolute atomic E-state index is 0.125. The summed E-state index contributed by atoms with van der Waals surface area (Å²) in [5, 5.41) is 2.85. The van der Waals surface area contributed by atoms with E-state index in [2.05, 4.69) is 10.2 Å². The third-order valence-corrected chi connectivity index (χ3v) is 5.15. The van der Waals surface area contributed by atoms with E-state index in [1.807, 2.05) is 4.90 Å². The summed E-state index contributed by atoms with van der Waals surface area (Å²) in [6.07, 6.45) is -4.33. The van der Waals surface area contributed by atoms with Gasteiger partial charge in [-0.1, -0.05) is 18.2 Å². The maximum atomic E-state index is 12.9. The van der Waals surface area contributed by atoms with Gasteiger partial charge in [-0.2, -0.15) is 13.2 Å². The Balaban J connectivity index is 1.24. The number of nitrogens with one attached hydrogen (secondary N) is 1. The third-order valence-electron chi connectivity index (χ3n) is 5.15. The standard InChI is InChI=1S/C21H22F3N3O3/c22-21(23,24)16-3-1-2-15(10-16)12-26-6-8-27(9-7-26)13-20(28)25-17-4-5-18-19(11-17)30-14-29-18/h1-5,10-11H,6-9,12-14H2,(H,25,28). The van der Waals surface area contributed by atoms with Crippen LogP contribution in [-0.4, -0.2) is 55.2 Å². The van der Waals surface area contributed by atoms with Crippen LogP contribution >= 0.6 is 0 Å². The molecule has 0 spiro atoms. The maximum Gasteiger partial charge on any atom is 0.416 e. The molecule has 0 saturated carbocycles. The maximum absolute atomic E-state index is 12.9. The van der Waals surface area contributed by atoms with Gasteiger partial charge in [0.1, 0.15) is 0 Å². The number of alkyl halides is 3. The number of carbonyl (C=O) groups is 1. The summed E-state index contributed by atoms with van der Waals surface area (Å²) in [5.41, 5.74) is 0.657. The van der Waals surface area contributed by atoms with E-state index < -0.39 is 11.7 Å². The van der Waals surface area contributed by atoms with E-state index in [0.29, 0.717) is 55.5 Å². The number of anilines is 1. The van der Waals surface area contributed by atoms with E-state index in [9.17, 15) is 18.0 Å². The minimum atomic E-state index is -4.33. The summed E-state index contributed by atoms with van der Waals surface area (Å²) in [6.45, 7) is 3.62. The Bertz CT molecular complexity index is 912. The fraction of sp³-hybridized carbons (Fsp3) is 0.381. The highest BCUT2D eigenvalue weighted by Crippen LogP contribution is 2.34. The Morgan fingerprint density at radius 1 is 0.967 bits per heavy atom. The number of carbonyl (C=O) groups excluding carboxylic acids is 1. The summed E-state index contributed by atoms with van der Waals surface area (Å²) in [7, 11) is 0. The average Bonchev–Trinajstić information content (AvgIpc) is 3.17. The van der Waals surface area contributed by atoms with Gasteiger partial charge in [-0.3, -0.25) is 14.6 Å². The van der Waals surface area contributed by atoms with Crippen molar-refractivity contribution >= 4 is 11.6 Å². The zero-order valence-electron chi connectivity index (χ0n) is 16.2. The molecule has 0 aromatic heterocycles. The molecule has 2 aliphatic heterocycles. The molecule has 1 N–H and O–H groups in total. The lowest BCUT2D eigenvalue weighted by molar-refractivity contribution is -0.137. The fourth-order valence-corrected chi connectivity index (χ4v) is 3.59. The molecule has 0 unspecified atom stereocenters. The van der Waals surface area contributed by atoms with E-state index >= 15 is 0 Å². The largest absolute Gasteiger partial charge is 0.454 e. The first-order valence-electron chi connectivity index (χ1n) is 9.67. The molecule has 160 valence electrons. The van der Waals surface area contributed by atoms with Gasteiger partial charge >= 0.3 is 6.18 Å². The highest BCUT2D eigenvalue weighted by molar-refractivity contribution is 5.92. The second kappa shape index (κ2) is 8.53. The Labute approximate surface area is 172 Å². The first-order chi connectivity index (χ1) is 14.4. The molecule has 9 heteroatoms. The Morgan fingerprint density at radius 2 is 1.70 bits per heavy atom. The monoisotopic (exact) mass is 421 g/mol. The van der Waals surface area contributed by atoms with Crippen LogP contribution in [0.25, 0.3) is 0 Å². The molecule has 2 heterocycles. The molecule has 6 nitrogen and oxygen atoms in total. The van der Waals surface area contributed by atoms with Gasteiger partial charge < -0.3 is 14.8 Å². The van der Waals surface area contributed by atoms with E-state index in [1.165, 1.54) is 12.1 Å². The highest BCUT2D eigenvalue weighted by atomic mass is 19.4.